The van der Waals surface area contributed by atoms with Gasteiger partial charge in [0.15, 0.2) is 0 Å². The van der Waals surface area contributed by atoms with Crippen molar-refractivity contribution in [3.63, 3.8) is 0 Å². The van der Waals surface area contributed by atoms with Crippen molar-refractivity contribution in [2.24, 2.45) is 5.73 Å². The average Bonchev–Trinajstić information content (AvgIpc) is 2.63. The summed E-state index contributed by atoms with van der Waals surface area (Å²) in [5.74, 6) is 0.314. The molecular formula is C18H25BrN2O3. The van der Waals surface area contributed by atoms with Gasteiger partial charge in [0.05, 0.1) is 16.6 Å². The van der Waals surface area contributed by atoms with Gasteiger partial charge in [0.2, 0.25) is 0 Å². The Morgan fingerprint density at radius 3 is 2.62 bits per heavy atom. The van der Waals surface area contributed by atoms with E-state index in [1.54, 1.807) is 7.11 Å². The summed E-state index contributed by atoms with van der Waals surface area (Å²) in [6.07, 6.45) is 0. The van der Waals surface area contributed by atoms with Crippen LogP contribution in [0.25, 0.3) is 10.8 Å². The van der Waals surface area contributed by atoms with Crippen LogP contribution in [0.1, 0.15) is 24.2 Å². The Kier molecular flexibility index (Phi) is 9.37. The zero-order valence-corrected chi connectivity index (χ0v) is 16.0. The van der Waals surface area contributed by atoms with Crippen LogP contribution in [0.4, 0.5) is 0 Å². The van der Waals surface area contributed by atoms with E-state index in [-0.39, 0.29) is 5.91 Å². The van der Waals surface area contributed by atoms with Crippen molar-refractivity contribution in [2.45, 2.75) is 13.8 Å². The Hall–Kier alpha value is -1.63. The Morgan fingerprint density at radius 2 is 1.96 bits per heavy atom. The van der Waals surface area contributed by atoms with E-state index in [0.717, 1.165) is 15.2 Å². The maximum atomic E-state index is 12.4. The number of amides is 1. The highest BCUT2D eigenvalue weighted by molar-refractivity contribution is 9.10. The highest BCUT2D eigenvalue weighted by atomic mass is 79.9. The van der Waals surface area contributed by atoms with Gasteiger partial charge in [0, 0.05) is 20.2 Å². The third kappa shape index (κ3) is 5.19. The minimum atomic E-state index is -0.204. The van der Waals surface area contributed by atoms with Gasteiger partial charge in [-0.2, -0.15) is 0 Å². The molecule has 6 heteroatoms. The molecule has 0 radical (unpaired) electrons. The van der Waals surface area contributed by atoms with Crippen LogP contribution < -0.4 is 15.8 Å². The van der Waals surface area contributed by atoms with Crippen molar-refractivity contribution in [2.75, 3.05) is 33.4 Å². The number of nitrogens with one attached hydrogen (secondary N) is 1. The maximum absolute atomic E-state index is 12.4. The summed E-state index contributed by atoms with van der Waals surface area (Å²) < 4.78 is 11.5. The molecule has 0 aliphatic rings. The monoisotopic (exact) mass is 396 g/mol. The van der Waals surface area contributed by atoms with Crippen LogP contribution in [0, 0.1) is 0 Å². The molecule has 132 valence electrons. The molecule has 0 saturated heterocycles. The first-order valence-electron chi connectivity index (χ1n) is 8.00. The predicted octanol–water partition coefficient (Wildman–Crippen LogP) is 3.34. The summed E-state index contributed by atoms with van der Waals surface area (Å²) in [4.78, 5) is 12.4. The number of hydrogen-bond acceptors (Lipinski definition) is 4. The molecule has 0 aromatic heterocycles. The molecule has 0 aliphatic carbocycles. The predicted molar refractivity (Wildman–Crippen MR) is 102 cm³/mol. The van der Waals surface area contributed by atoms with Gasteiger partial charge in [-0.25, -0.2) is 0 Å². The molecule has 0 heterocycles. The zero-order chi connectivity index (χ0) is 17.9. The minimum absolute atomic E-state index is 0.204. The molecule has 1 amide bonds. The fraction of sp³-hybridized carbons (Fsp3) is 0.389. The standard InChI is InChI=1S/C16H19BrN2O3.C2H6/c1-21-8-9-22-15-13(16(20)19-7-6-18)10-11-4-2-3-5-12(11)14(15)17;1-2/h2-5,10H,6-9,18H2,1H3,(H,19,20);1-2H3. The van der Waals surface area contributed by atoms with E-state index in [4.69, 9.17) is 15.2 Å². The number of hydrogen-bond donors (Lipinski definition) is 2. The lowest BCUT2D eigenvalue weighted by Crippen LogP contribution is -2.29. The smallest absolute Gasteiger partial charge is 0.255 e. The summed E-state index contributed by atoms with van der Waals surface area (Å²) >= 11 is 3.55. The summed E-state index contributed by atoms with van der Waals surface area (Å²) in [5.41, 5.74) is 5.92. The molecule has 0 spiro atoms. The molecule has 2 aromatic carbocycles. The molecule has 24 heavy (non-hydrogen) atoms. The summed E-state index contributed by atoms with van der Waals surface area (Å²) in [5, 5.41) is 4.73. The van der Waals surface area contributed by atoms with Crippen molar-refractivity contribution in [1.82, 2.24) is 5.32 Å². The number of fused-ring (bicyclic) bond motifs is 1. The minimum Gasteiger partial charge on any atom is -0.489 e. The van der Waals surface area contributed by atoms with Gasteiger partial charge in [-0.05, 0) is 32.8 Å². The van der Waals surface area contributed by atoms with E-state index in [0.29, 0.717) is 37.6 Å². The molecule has 0 aliphatic heterocycles. The Labute approximate surface area is 151 Å². The lowest BCUT2D eigenvalue weighted by Gasteiger charge is -2.15. The lowest BCUT2D eigenvalue weighted by molar-refractivity contribution is 0.0947. The van der Waals surface area contributed by atoms with Gasteiger partial charge in [-0.15, -0.1) is 0 Å². The van der Waals surface area contributed by atoms with Crippen molar-refractivity contribution in [1.29, 1.82) is 0 Å². The van der Waals surface area contributed by atoms with E-state index >= 15 is 0 Å². The van der Waals surface area contributed by atoms with Crippen molar-refractivity contribution in [3.8, 4) is 5.75 Å². The summed E-state index contributed by atoms with van der Waals surface area (Å²) in [6, 6.07) is 9.64. The van der Waals surface area contributed by atoms with Crippen LogP contribution in [0.3, 0.4) is 0 Å². The number of rotatable bonds is 7. The first kappa shape index (κ1) is 20.4. The second-order valence-electron chi connectivity index (χ2n) is 4.67. The van der Waals surface area contributed by atoms with E-state index < -0.39 is 0 Å². The fourth-order valence-electron chi connectivity index (χ4n) is 2.10. The molecule has 5 nitrogen and oxygen atoms in total. The van der Waals surface area contributed by atoms with Crippen molar-refractivity contribution >= 4 is 32.6 Å². The van der Waals surface area contributed by atoms with Crippen LogP contribution in [0.5, 0.6) is 5.75 Å². The molecular weight excluding hydrogens is 372 g/mol. The normalized spacial score (nSPS) is 10.0. The first-order valence-corrected chi connectivity index (χ1v) is 8.79. The highest BCUT2D eigenvalue weighted by Crippen LogP contribution is 2.36. The Morgan fingerprint density at radius 1 is 1.25 bits per heavy atom. The molecule has 0 saturated carbocycles. The van der Waals surface area contributed by atoms with E-state index in [9.17, 15) is 4.79 Å². The molecule has 0 atom stereocenters. The second kappa shape index (κ2) is 11.0. The number of nitrogens with two attached hydrogens (primary N) is 1. The summed E-state index contributed by atoms with van der Waals surface area (Å²) in [6.45, 7) is 5.62. The molecule has 0 fully saturated rings. The van der Waals surface area contributed by atoms with Crippen LogP contribution in [-0.2, 0) is 4.74 Å². The van der Waals surface area contributed by atoms with Gasteiger partial charge < -0.3 is 20.5 Å². The number of carbonyl (C=O) groups is 1. The molecule has 0 bridgehead atoms. The van der Waals surface area contributed by atoms with E-state index in [1.165, 1.54) is 0 Å². The second-order valence-corrected chi connectivity index (χ2v) is 5.47. The van der Waals surface area contributed by atoms with Crippen LogP contribution in [0.15, 0.2) is 34.8 Å². The molecule has 3 N–H and O–H groups in total. The Bertz CT molecular complexity index is 662. The topological polar surface area (TPSA) is 73.6 Å². The average molecular weight is 397 g/mol. The van der Waals surface area contributed by atoms with Crippen LogP contribution in [0.2, 0.25) is 0 Å². The maximum Gasteiger partial charge on any atom is 0.255 e. The van der Waals surface area contributed by atoms with E-state index in [2.05, 4.69) is 21.2 Å². The molecule has 2 rings (SSSR count). The van der Waals surface area contributed by atoms with Gasteiger partial charge in [0.1, 0.15) is 12.4 Å². The summed E-state index contributed by atoms with van der Waals surface area (Å²) in [7, 11) is 1.60. The quantitative estimate of drug-likeness (QED) is 0.703. The zero-order valence-electron chi connectivity index (χ0n) is 14.4. The number of benzene rings is 2. The first-order chi connectivity index (χ1) is 11.7. The number of carbonyl (C=O) groups excluding carboxylic acids is 1. The number of methoxy groups -OCH3 is 1. The lowest BCUT2D eigenvalue weighted by atomic mass is 10.1. The van der Waals surface area contributed by atoms with Crippen LogP contribution >= 0.6 is 15.9 Å². The van der Waals surface area contributed by atoms with Crippen molar-refractivity contribution in [3.05, 3.63) is 40.4 Å². The van der Waals surface area contributed by atoms with Crippen LogP contribution in [-0.4, -0.2) is 39.3 Å². The third-order valence-corrected chi connectivity index (χ3v) is 3.94. The largest absolute Gasteiger partial charge is 0.489 e. The van der Waals surface area contributed by atoms with Crippen molar-refractivity contribution < 1.29 is 14.3 Å². The van der Waals surface area contributed by atoms with Gasteiger partial charge in [0.25, 0.3) is 5.91 Å². The van der Waals surface area contributed by atoms with Gasteiger partial charge in [-0.1, -0.05) is 38.1 Å². The number of halogens is 1. The van der Waals surface area contributed by atoms with Gasteiger partial charge in [-0.3, -0.25) is 4.79 Å². The molecule has 2 aromatic rings. The van der Waals surface area contributed by atoms with E-state index in [1.807, 2.05) is 44.2 Å². The third-order valence-electron chi connectivity index (χ3n) is 3.15. The van der Waals surface area contributed by atoms with Gasteiger partial charge >= 0.3 is 0 Å². The molecule has 0 unspecified atom stereocenters. The Balaban J connectivity index is 0.00000139. The fourth-order valence-corrected chi connectivity index (χ4v) is 2.79. The number of ether oxygens (including phenoxy) is 2. The SMILES string of the molecule is CC.COCCOc1c(C(=O)NCCN)cc2ccccc2c1Br. The highest BCUT2D eigenvalue weighted by Gasteiger charge is 2.18.